The van der Waals surface area contributed by atoms with Crippen molar-refractivity contribution in [1.29, 1.82) is 0 Å². The number of anilines is 1. The first-order valence-electron chi connectivity index (χ1n) is 5.10. The fraction of sp³-hybridized carbons (Fsp3) is 0.364. The SMILES string of the molecule is COC(=O)c1cc(OC)c(S(C)(=O)=O)c(N)c1OC. The number of carbonyl (C=O) groups excluding carboxylic acids is 1. The van der Waals surface area contributed by atoms with Crippen LogP contribution in [0.1, 0.15) is 10.4 Å². The van der Waals surface area contributed by atoms with Gasteiger partial charge < -0.3 is 19.9 Å². The van der Waals surface area contributed by atoms with Crippen LogP contribution in [0.4, 0.5) is 5.69 Å². The summed E-state index contributed by atoms with van der Waals surface area (Å²) >= 11 is 0. The normalized spacial score (nSPS) is 10.9. The van der Waals surface area contributed by atoms with Crippen LogP contribution in [0.25, 0.3) is 0 Å². The summed E-state index contributed by atoms with van der Waals surface area (Å²) in [5.41, 5.74) is 5.56. The van der Waals surface area contributed by atoms with E-state index in [1.807, 2.05) is 0 Å². The lowest BCUT2D eigenvalue weighted by molar-refractivity contribution is 0.0596. The highest BCUT2D eigenvalue weighted by Crippen LogP contribution is 2.39. The van der Waals surface area contributed by atoms with Crippen molar-refractivity contribution in [2.24, 2.45) is 0 Å². The van der Waals surface area contributed by atoms with Gasteiger partial charge in [0.2, 0.25) is 0 Å². The standard InChI is InChI=1S/C11H15NO6S/c1-16-7-5-6(11(13)18-3)9(17-2)8(12)10(7)19(4,14)15/h5H,12H2,1-4H3. The molecule has 0 saturated heterocycles. The van der Waals surface area contributed by atoms with E-state index < -0.39 is 15.8 Å². The monoisotopic (exact) mass is 289 g/mol. The molecule has 0 saturated carbocycles. The van der Waals surface area contributed by atoms with E-state index in [0.29, 0.717) is 0 Å². The Morgan fingerprint density at radius 2 is 1.79 bits per heavy atom. The highest BCUT2D eigenvalue weighted by atomic mass is 32.2. The molecule has 1 rings (SSSR count). The van der Waals surface area contributed by atoms with Crippen molar-refractivity contribution in [3.8, 4) is 11.5 Å². The highest BCUT2D eigenvalue weighted by Gasteiger charge is 2.27. The molecule has 0 spiro atoms. The number of benzene rings is 1. The second-order valence-electron chi connectivity index (χ2n) is 3.67. The van der Waals surface area contributed by atoms with E-state index in [4.69, 9.17) is 15.2 Å². The van der Waals surface area contributed by atoms with E-state index in [-0.39, 0.29) is 27.6 Å². The molecule has 0 aliphatic heterocycles. The maximum Gasteiger partial charge on any atom is 0.341 e. The third-order valence-electron chi connectivity index (χ3n) is 2.43. The van der Waals surface area contributed by atoms with Gasteiger partial charge in [-0.3, -0.25) is 0 Å². The van der Waals surface area contributed by atoms with Crippen molar-refractivity contribution in [3.05, 3.63) is 11.6 Å². The molecule has 0 aliphatic carbocycles. The van der Waals surface area contributed by atoms with E-state index in [9.17, 15) is 13.2 Å². The minimum Gasteiger partial charge on any atom is -0.495 e. The van der Waals surface area contributed by atoms with Gasteiger partial charge in [-0.05, 0) is 6.07 Å². The van der Waals surface area contributed by atoms with Crippen LogP contribution in [0.3, 0.4) is 0 Å². The largest absolute Gasteiger partial charge is 0.495 e. The fourth-order valence-electron chi connectivity index (χ4n) is 1.66. The van der Waals surface area contributed by atoms with Crippen LogP contribution in [-0.4, -0.2) is 42.0 Å². The number of nitrogens with two attached hydrogens (primary N) is 1. The number of nitrogen functional groups attached to an aromatic ring is 1. The molecule has 8 heteroatoms. The molecular weight excluding hydrogens is 274 g/mol. The van der Waals surface area contributed by atoms with Gasteiger partial charge in [-0.15, -0.1) is 0 Å². The van der Waals surface area contributed by atoms with E-state index in [2.05, 4.69) is 4.74 Å². The minimum absolute atomic E-state index is 0.00764. The van der Waals surface area contributed by atoms with E-state index >= 15 is 0 Å². The third-order valence-corrected chi connectivity index (χ3v) is 3.60. The number of sulfone groups is 1. The molecule has 0 bridgehead atoms. The third kappa shape index (κ3) is 2.73. The predicted octanol–water partition coefficient (Wildman–Crippen LogP) is 0.476. The van der Waals surface area contributed by atoms with E-state index in [1.165, 1.54) is 27.4 Å². The molecule has 106 valence electrons. The second-order valence-corrected chi connectivity index (χ2v) is 5.62. The number of ether oxygens (including phenoxy) is 3. The van der Waals surface area contributed by atoms with Gasteiger partial charge in [-0.2, -0.15) is 0 Å². The van der Waals surface area contributed by atoms with E-state index in [0.717, 1.165) is 6.26 Å². The van der Waals surface area contributed by atoms with Crippen molar-refractivity contribution in [1.82, 2.24) is 0 Å². The van der Waals surface area contributed by atoms with Crippen LogP contribution in [0, 0.1) is 0 Å². The van der Waals surface area contributed by atoms with Gasteiger partial charge in [-0.1, -0.05) is 0 Å². The molecule has 0 amide bonds. The van der Waals surface area contributed by atoms with Gasteiger partial charge in [0, 0.05) is 6.26 Å². The number of methoxy groups -OCH3 is 3. The minimum atomic E-state index is -3.64. The van der Waals surface area contributed by atoms with E-state index in [1.54, 1.807) is 0 Å². The summed E-state index contributed by atoms with van der Waals surface area (Å²) in [7, 11) is 0.0985. The Hall–Kier alpha value is -1.96. The van der Waals surface area contributed by atoms with Gasteiger partial charge in [0.25, 0.3) is 0 Å². The Morgan fingerprint density at radius 1 is 1.21 bits per heavy atom. The Labute approximate surface area is 111 Å². The van der Waals surface area contributed by atoms with Crippen LogP contribution in [0.15, 0.2) is 11.0 Å². The summed E-state index contributed by atoms with van der Waals surface area (Å²) in [5.74, 6) is -0.809. The fourth-order valence-corrected chi connectivity index (χ4v) is 2.66. The predicted molar refractivity (Wildman–Crippen MR) is 68.4 cm³/mol. The molecule has 0 unspecified atom stereocenters. The Bertz CT molecular complexity index is 608. The number of esters is 1. The summed E-state index contributed by atoms with van der Waals surface area (Å²) in [5, 5.41) is 0. The van der Waals surface area contributed by atoms with Crippen LogP contribution in [0.5, 0.6) is 11.5 Å². The number of rotatable bonds is 4. The topological polar surface area (TPSA) is 105 Å². The highest BCUT2D eigenvalue weighted by molar-refractivity contribution is 7.91. The molecule has 0 atom stereocenters. The summed E-state index contributed by atoms with van der Waals surface area (Å²) < 4.78 is 38.0. The lowest BCUT2D eigenvalue weighted by Gasteiger charge is -2.16. The smallest absolute Gasteiger partial charge is 0.341 e. The number of hydrogen-bond donors (Lipinski definition) is 1. The number of carbonyl (C=O) groups is 1. The second kappa shape index (κ2) is 5.35. The van der Waals surface area contributed by atoms with Crippen molar-refractivity contribution in [2.45, 2.75) is 4.90 Å². The molecule has 0 aromatic heterocycles. The summed E-state index contributed by atoms with van der Waals surface area (Å²) in [6, 6.07) is 1.22. The first kappa shape index (κ1) is 15.1. The summed E-state index contributed by atoms with van der Waals surface area (Å²) in [6.07, 6.45) is 0.985. The Morgan fingerprint density at radius 3 is 2.16 bits per heavy atom. The zero-order valence-electron chi connectivity index (χ0n) is 11.0. The average molecular weight is 289 g/mol. The first-order valence-corrected chi connectivity index (χ1v) is 6.99. The Kier molecular flexibility index (Phi) is 4.25. The van der Waals surface area contributed by atoms with Crippen molar-refractivity contribution in [2.75, 3.05) is 33.3 Å². The van der Waals surface area contributed by atoms with Gasteiger partial charge in [0.1, 0.15) is 16.2 Å². The summed E-state index contributed by atoms with van der Waals surface area (Å²) in [6.45, 7) is 0. The number of hydrogen-bond acceptors (Lipinski definition) is 7. The molecule has 0 fully saturated rings. The molecule has 1 aromatic carbocycles. The van der Waals surface area contributed by atoms with Crippen molar-refractivity contribution < 1.29 is 27.4 Å². The maximum atomic E-state index is 11.7. The van der Waals surface area contributed by atoms with Gasteiger partial charge in [0.15, 0.2) is 15.6 Å². The van der Waals surface area contributed by atoms with Crippen molar-refractivity contribution >= 4 is 21.5 Å². The average Bonchev–Trinajstić information content (AvgIpc) is 2.34. The van der Waals surface area contributed by atoms with Crippen LogP contribution in [0.2, 0.25) is 0 Å². The molecule has 0 aliphatic rings. The van der Waals surface area contributed by atoms with Crippen molar-refractivity contribution in [3.63, 3.8) is 0 Å². The molecule has 19 heavy (non-hydrogen) atoms. The molecule has 7 nitrogen and oxygen atoms in total. The maximum absolute atomic E-state index is 11.7. The summed E-state index contributed by atoms with van der Waals surface area (Å²) in [4.78, 5) is 11.4. The quantitative estimate of drug-likeness (QED) is 0.634. The lowest BCUT2D eigenvalue weighted by Crippen LogP contribution is -2.12. The molecule has 0 radical (unpaired) electrons. The van der Waals surface area contributed by atoms with Gasteiger partial charge in [-0.25, -0.2) is 13.2 Å². The molecule has 1 aromatic rings. The van der Waals surface area contributed by atoms with Gasteiger partial charge >= 0.3 is 5.97 Å². The Balaban J connectivity index is 3.77. The van der Waals surface area contributed by atoms with Crippen LogP contribution in [-0.2, 0) is 14.6 Å². The van der Waals surface area contributed by atoms with Crippen LogP contribution < -0.4 is 15.2 Å². The first-order chi connectivity index (χ1) is 8.77. The molecule has 0 heterocycles. The lowest BCUT2D eigenvalue weighted by atomic mass is 10.1. The molecule has 2 N–H and O–H groups in total. The van der Waals surface area contributed by atoms with Gasteiger partial charge in [0.05, 0.1) is 27.0 Å². The van der Waals surface area contributed by atoms with Crippen LogP contribution >= 0.6 is 0 Å². The zero-order valence-corrected chi connectivity index (χ0v) is 11.8. The zero-order chi connectivity index (χ0) is 14.8. The molecular formula is C11H15NO6S.